The molecule has 0 unspecified atom stereocenters. The third kappa shape index (κ3) is 4.26. The second-order valence-electron chi connectivity index (χ2n) is 8.99. The molecule has 0 fully saturated rings. The van der Waals surface area contributed by atoms with Gasteiger partial charge < -0.3 is 9.47 Å². The Morgan fingerprint density at radius 3 is 2.10 bits per heavy atom. The van der Waals surface area contributed by atoms with E-state index < -0.39 is 0 Å². The fraction of sp³-hybridized carbons (Fsp3) is 0.360. The maximum absolute atomic E-state index is 10.8. The lowest BCUT2D eigenvalue weighted by Gasteiger charge is -2.42. The van der Waals surface area contributed by atoms with E-state index in [0.29, 0.717) is 12.9 Å². The largest absolute Gasteiger partial charge is 0.425 e. The second-order valence-corrected chi connectivity index (χ2v) is 8.99. The zero-order valence-electron chi connectivity index (χ0n) is 17.7. The molecule has 0 aliphatic heterocycles. The molecule has 29 heavy (non-hydrogen) atoms. The van der Waals surface area contributed by atoms with Gasteiger partial charge in [0.25, 0.3) is 12.9 Å². The molecule has 2 aromatic rings. The van der Waals surface area contributed by atoms with Crippen molar-refractivity contribution in [2.45, 2.75) is 58.3 Å². The van der Waals surface area contributed by atoms with E-state index in [9.17, 15) is 9.59 Å². The Hall–Kier alpha value is -2.88. The molecule has 1 aliphatic carbocycles. The average Bonchev–Trinajstić information content (AvgIpc) is 2.67. The third-order valence-corrected chi connectivity index (χ3v) is 6.01. The molecule has 0 aromatic heterocycles. The summed E-state index contributed by atoms with van der Waals surface area (Å²) in [6.45, 7) is 12.0. The van der Waals surface area contributed by atoms with Gasteiger partial charge in [-0.2, -0.15) is 0 Å². The normalized spacial score (nSPS) is 17.2. The zero-order chi connectivity index (χ0) is 21.2. The average molecular weight is 392 g/mol. The Bertz CT molecular complexity index is 967. The molecule has 0 radical (unpaired) electrons. The summed E-state index contributed by atoms with van der Waals surface area (Å²) in [6, 6.07) is 11.9. The number of allylic oxidation sites excluding steroid dienone is 1. The Kier molecular flexibility index (Phi) is 5.65. The van der Waals surface area contributed by atoms with Gasteiger partial charge in [0.15, 0.2) is 11.5 Å². The maximum Gasteiger partial charge on any atom is 0.298 e. The van der Waals surface area contributed by atoms with Gasteiger partial charge >= 0.3 is 0 Å². The molecule has 0 saturated carbocycles. The zero-order valence-corrected chi connectivity index (χ0v) is 17.7. The van der Waals surface area contributed by atoms with Crippen molar-refractivity contribution in [2.75, 3.05) is 0 Å². The molecule has 152 valence electrons. The van der Waals surface area contributed by atoms with Crippen LogP contribution in [-0.4, -0.2) is 12.9 Å². The van der Waals surface area contributed by atoms with Crippen molar-refractivity contribution in [3.05, 3.63) is 58.7 Å². The molecule has 1 aliphatic rings. The number of rotatable bonds is 6. The molecule has 4 heteroatoms. The molecule has 4 nitrogen and oxygen atoms in total. The maximum atomic E-state index is 10.8. The molecule has 0 bridgehead atoms. The minimum Gasteiger partial charge on any atom is -0.425 e. The van der Waals surface area contributed by atoms with Crippen molar-refractivity contribution in [1.29, 1.82) is 0 Å². The second kappa shape index (κ2) is 7.86. The smallest absolute Gasteiger partial charge is 0.298 e. The molecule has 0 N–H and O–H groups in total. The predicted octanol–water partition coefficient (Wildman–Crippen LogP) is 5.67. The Morgan fingerprint density at radius 1 is 0.828 bits per heavy atom. The Morgan fingerprint density at radius 2 is 1.45 bits per heavy atom. The molecule has 0 spiro atoms. The van der Waals surface area contributed by atoms with E-state index in [1.165, 1.54) is 29.5 Å². The van der Waals surface area contributed by atoms with Crippen LogP contribution in [0.1, 0.15) is 69.7 Å². The summed E-state index contributed by atoms with van der Waals surface area (Å²) in [6.07, 6.45) is 4.39. The monoisotopic (exact) mass is 392 g/mol. The summed E-state index contributed by atoms with van der Waals surface area (Å²) in [5.41, 5.74) is 6.32. The highest BCUT2D eigenvalue weighted by molar-refractivity contribution is 5.81. The van der Waals surface area contributed by atoms with Gasteiger partial charge in [0.2, 0.25) is 0 Å². The minimum atomic E-state index is 0.153. The van der Waals surface area contributed by atoms with Crippen LogP contribution in [0.25, 0.3) is 11.6 Å². The molecule has 2 aromatic carbocycles. The van der Waals surface area contributed by atoms with Crippen molar-refractivity contribution in [3.8, 4) is 11.5 Å². The molecule has 3 rings (SSSR count). The summed E-state index contributed by atoms with van der Waals surface area (Å²) in [7, 11) is 0. The van der Waals surface area contributed by atoms with Crippen LogP contribution in [0.3, 0.4) is 0 Å². The molecule has 0 heterocycles. The minimum absolute atomic E-state index is 0.153. The number of hydrogen-bond acceptors (Lipinski definition) is 4. The molecular weight excluding hydrogens is 364 g/mol. The van der Waals surface area contributed by atoms with Crippen molar-refractivity contribution < 1.29 is 19.1 Å². The van der Waals surface area contributed by atoms with Crippen LogP contribution < -0.4 is 9.47 Å². The van der Waals surface area contributed by atoms with E-state index in [2.05, 4.69) is 52.8 Å². The first-order chi connectivity index (χ1) is 13.7. The van der Waals surface area contributed by atoms with Crippen LogP contribution in [0.4, 0.5) is 0 Å². The van der Waals surface area contributed by atoms with Crippen LogP contribution >= 0.6 is 0 Å². The summed E-state index contributed by atoms with van der Waals surface area (Å²) < 4.78 is 9.80. The van der Waals surface area contributed by atoms with Crippen LogP contribution in [0, 0.1) is 0 Å². The lowest BCUT2D eigenvalue weighted by molar-refractivity contribution is -0.123. The summed E-state index contributed by atoms with van der Waals surface area (Å²) >= 11 is 0. The highest BCUT2D eigenvalue weighted by Gasteiger charge is 2.36. The number of carbonyl (C=O) groups excluding carboxylic acids is 2. The van der Waals surface area contributed by atoms with E-state index in [1.54, 1.807) is 12.1 Å². The number of ether oxygens (including phenoxy) is 2. The van der Waals surface area contributed by atoms with Gasteiger partial charge in [0.1, 0.15) is 0 Å². The van der Waals surface area contributed by atoms with Crippen molar-refractivity contribution in [2.24, 2.45) is 0 Å². The van der Waals surface area contributed by atoms with E-state index in [-0.39, 0.29) is 22.3 Å². The predicted molar refractivity (Wildman–Crippen MR) is 115 cm³/mol. The van der Waals surface area contributed by atoms with E-state index in [0.717, 1.165) is 11.1 Å². The summed E-state index contributed by atoms with van der Waals surface area (Å²) in [5, 5.41) is 0. The lowest BCUT2D eigenvalue weighted by atomic mass is 9.63. The first-order valence-electron chi connectivity index (χ1n) is 9.86. The van der Waals surface area contributed by atoms with Gasteiger partial charge in [-0.25, -0.2) is 0 Å². The van der Waals surface area contributed by atoms with Gasteiger partial charge in [-0.1, -0.05) is 58.0 Å². The molecule has 0 atom stereocenters. The standard InChI is InChI=1S/C25H28O4/c1-17(12-18-6-9-22(28-15-26)23(13-18)29-16-27)19-7-8-20-21(14-19)25(4,5)11-10-24(20,2)3/h6-9,12-16H,10-11H2,1-5H3. The van der Waals surface area contributed by atoms with Crippen molar-refractivity contribution >= 4 is 24.6 Å². The third-order valence-electron chi connectivity index (χ3n) is 6.01. The quantitative estimate of drug-likeness (QED) is 0.470. The highest BCUT2D eigenvalue weighted by atomic mass is 16.6. The van der Waals surface area contributed by atoms with E-state index in [1.807, 2.05) is 12.1 Å². The fourth-order valence-corrected chi connectivity index (χ4v) is 4.07. The van der Waals surface area contributed by atoms with E-state index in [4.69, 9.17) is 9.47 Å². The van der Waals surface area contributed by atoms with Gasteiger partial charge in [0.05, 0.1) is 0 Å². The first kappa shape index (κ1) is 20.8. The van der Waals surface area contributed by atoms with E-state index >= 15 is 0 Å². The first-order valence-corrected chi connectivity index (χ1v) is 9.86. The fourth-order valence-electron chi connectivity index (χ4n) is 4.07. The van der Waals surface area contributed by atoms with Crippen molar-refractivity contribution in [1.82, 2.24) is 0 Å². The SMILES string of the molecule is CC(=Cc1ccc(OC=O)c(OC=O)c1)c1ccc2c(c1)C(C)(C)CCC2(C)C. The summed E-state index contributed by atoms with van der Waals surface area (Å²) in [4.78, 5) is 21.4. The topological polar surface area (TPSA) is 52.6 Å². The Balaban J connectivity index is 2.00. The van der Waals surface area contributed by atoms with Gasteiger partial charge in [0, 0.05) is 0 Å². The summed E-state index contributed by atoms with van der Waals surface area (Å²) in [5.74, 6) is 0.418. The van der Waals surface area contributed by atoms with Gasteiger partial charge in [-0.05, 0) is 70.6 Å². The number of benzene rings is 2. The molecule has 0 amide bonds. The highest BCUT2D eigenvalue weighted by Crippen LogP contribution is 2.46. The number of hydrogen-bond donors (Lipinski definition) is 0. The number of fused-ring (bicyclic) bond motifs is 1. The molecule has 0 saturated heterocycles. The van der Waals surface area contributed by atoms with Crippen LogP contribution in [0.5, 0.6) is 11.5 Å². The van der Waals surface area contributed by atoms with Gasteiger partial charge in [-0.15, -0.1) is 0 Å². The Labute approximate surface area is 172 Å². The lowest BCUT2D eigenvalue weighted by Crippen LogP contribution is -2.33. The van der Waals surface area contributed by atoms with Crippen LogP contribution in [-0.2, 0) is 20.4 Å². The number of carbonyl (C=O) groups is 2. The van der Waals surface area contributed by atoms with Crippen LogP contribution in [0.15, 0.2) is 36.4 Å². The van der Waals surface area contributed by atoms with Crippen molar-refractivity contribution in [3.63, 3.8) is 0 Å². The van der Waals surface area contributed by atoms with Crippen LogP contribution in [0.2, 0.25) is 0 Å². The van der Waals surface area contributed by atoms with Gasteiger partial charge in [-0.3, -0.25) is 9.59 Å². The molecular formula is C25H28O4.